The van der Waals surface area contributed by atoms with Gasteiger partial charge in [-0.3, -0.25) is 9.59 Å². The summed E-state index contributed by atoms with van der Waals surface area (Å²) in [5.41, 5.74) is 1.21. The smallest absolute Gasteiger partial charge is 0.338 e. The van der Waals surface area contributed by atoms with E-state index in [9.17, 15) is 14.4 Å². The van der Waals surface area contributed by atoms with Gasteiger partial charge in [-0.1, -0.05) is 26.2 Å². The molecule has 1 heterocycles. The van der Waals surface area contributed by atoms with Crippen molar-refractivity contribution >= 4 is 23.5 Å². The zero-order valence-electron chi connectivity index (χ0n) is 17.6. The average molecular weight is 409 g/mol. The van der Waals surface area contributed by atoms with E-state index >= 15 is 0 Å². The normalized spacial score (nSPS) is 13.9. The molecule has 0 saturated heterocycles. The Morgan fingerprint density at radius 1 is 0.967 bits per heavy atom. The van der Waals surface area contributed by atoms with E-state index in [2.05, 4.69) is 6.92 Å². The fourth-order valence-electron chi connectivity index (χ4n) is 3.50. The maximum absolute atomic E-state index is 12.9. The molecule has 0 bridgehead atoms. The van der Waals surface area contributed by atoms with E-state index in [1.54, 1.807) is 31.4 Å². The van der Waals surface area contributed by atoms with E-state index in [-0.39, 0.29) is 22.8 Å². The summed E-state index contributed by atoms with van der Waals surface area (Å²) in [5.74, 6) is -0.722. The Morgan fingerprint density at radius 3 is 2.33 bits per heavy atom. The van der Waals surface area contributed by atoms with Gasteiger partial charge < -0.3 is 9.47 Å². The zero-order chi connectivity index (χ0) is 21.7. The van der Waals surface area contributed by atoms with E-state index in [0.29, 0.717) is 11.4 Å². The number of hydrogen-bond donors (Lipinski definition) is 0. The Bertz CT molecular complexity index is 935. The summed E-state index contributed by atoms with van der Waals surface area (Å²) in [6.07, 6.45) is 5.07. The van der Waals surface area contributed by atoms with Crippen molar-refractivity contribution in [1.29, 1.82) is 0 Å². The van der Waals surface area contributed by atoms with Crippen molar-refractivity contribution in [3.05, 3.63) is 59.2 Å². The molecule has 1 aliphatic heterocycles. The number of hydrogen-bond acceptors (Lipinski definition) is 5. The van der Waals surface area contributed by atoms with Crippen LogP contribution in [0.25, 0.3) is 0 Å². The molecule has 2 amide bonds. The highest BCUT2D eigenvalue weighted by molar-refractivity contribution is 6.34. The molecule has 0 fully saturated rings. The lowest BCUT2D eigenvalue weighted by Crippen LogP contribution is -2.29. The summed E-state index contributed by atoms with van der Waals surface area (Å²) >= 11 is 0. The van der Waals surface area contributed by atoms with Crippen LogP contribution >= 0.6 is 0 Å². The van der Waals surface area contributed by atoms with Crippen LogP contribution in [0.3, 0.4) is 0 Å². The molecule has 3 rings (SSSR count). The number of carbonyl (C=O) groups excluding carboxylic acids is 3. The molecule has 1 atom stereocenters. The minimum absolute atomic E-state index is 0.198. The van der Waals surface area contributed by atoms with Crippen LogP contribution in [0.2, 0.25) is 0 Å². The number of nitrogens with zero attached hydrogens (tertiary/aromatic N) is 1. The molecule has 6 nitrogen and oxygen atoms in total. The summed E-state index contributed by atoms with van der Waals surface area (Å²) < 4.78 is 10.6. The topological polar surface area (TPSA) is 72.9 Å². The molecule has 30 heavy (non-hydrogen) atoms. The summed E-state index contributed by atoms with van der Waals surface area (Å²) in [6, 6.07) is 11.2. The number of methoxy groups -OCH3 is 1. The number of rotatable bonds is 9. The Hall–Kier alpha value is -3.15. The van der Waals surface area contributed by atoms with Gasteiger partial charge in [0.05, 0.1) is 35.6 Å². The molecule has 0 saturated carbocycles. The lowest BCUT2D eigenvalue weighted by molar-refractivity contribution is 0.0319. The second-order valence-electron chi connectivity index (χ2n) is 7.47. The molecule has 2 aromatic rings. The molecule has 1 aliphatic rings. The van der Waals surface area contributed by atoms with Gasteiger partial charge in [0.25, 0.3) is 11.8 Å². The van der Waals surface area contributed by atoms with Crippen molar-refractivity contribution in [2.24, 2.45) is 0 Å². The predicted octanol–water partition coefficient (Wildman–Crippen LogP) is 5.01. The Morgan fingerprint density at radius 2 is 1.67 bits per heavy atom. The van der Waals surface area contributed by atoms with Crippen LogP contribution in [0.15, 0.2) is 42.5 Å². The molecule has 2 aromatic carbocycles. The molecule has 0 spiro atoms. The molecule has 158 valence electrons. The molecule has 0 aromatic heterocycles. The summed E-state index contributed by atoms with van der Waals surface area (Å²) in [6.45, 7) is 4.02. The van der Waals surface area contributed by atoms with E-state index in [0.717, 1.165) is 30.6 Å². The van der Waals surface area contributed by atoms with Gasteiger partial charge in [0.15, 0.2) is 0 Å². The molecule has 0 radical (unpaired) electrons. The highest BCUT2D eigenvalue weighted by Gasteiger charge is 2.37. The number of esters is 1. The van der Waals surface area contributed by atoms with Crippen molar-refractivity contribution in [3.63, 3.8) is 0 Å². The maximum atomic E-state index is 12.9. The first-order chi connectivity index (χ1) is 14.5. The van der Waals surface area contributed by atoms with Crippen LogP contribution in [0.1, 0.15) is 77.0 Å². The highest BCUT2D eigenvalue weighted by atomic mass is 16.5. The Kier molecular flexibility index (Phi) is 6.87. The van der Waals surface area contributed by atoms with Crippen molar-refractivity contribution in [2.45, 2.75) is 52.1 Å². The third-order valence-corrected chi connectivity index (χ3v) is 5.23. The average Bonchev–Trinajstić information content (AvgIpc) is 3.01. The molecule has 6 heteroatoms. The quantitative estimate of drug-likeness (QED) is 0.331. The zero-order valence-corrected chi connectivity index (χ0v) is 17.6. The maximum Gasteiger partial charge on any atom is 0.338 e. The first-order valence-electron chi connectivity index (χ1n) is 10.3. The summed E-state index contributed by atoms with van der Waals surface area (Å²) in [7, 11) is 1.55. The highest BCUT2D eigenvalue weighted by Crippen LogP contribution is 2.30. The number of fused-ring (bicyclic) bond motifs is 1. The lowest BCUT2D eigenvalue weighted by Gasteiger charge is -2.14. The summed E-state index contributed by atoms with van der Waals surface area (Å²) in [5, 5.41) is 0. The van der Waals surface area contributed by atoms with E-state index in [4.69, 9.17) is 9.47 Å². The predicted molar refractivity (Wildman–Crippen MR) is 114 cm³/mol. The fourth-order valence-corrected chi connectivity index (χ4v) is 3.50. The third-order valence-electron chi connectivity index (χ3n) is 5.23. The van der Waals surface area contributed by atoms with Gasteiger partial charge in [0.1, 0.15) is 5.75 Å². The first kappa shape index (κ1) is 21.6. The number of carbonyl (C=O) groups is 3. The molecular weight excluding hydrogens is 382 g/mol. The number of benzene rings is 2. The van der Waals surface area contributed by atoms with E-state index in [1.807, 2.05) is 6.92 Å². The van der Waals surface area contributed by atoms with Gasteiger partial charge >= 0.3 is 5.97 Å². The minimum atomic E-state index is -0.482. The Labute approximate surface area is 176 Å². The van der Waals surface area contributed by atoms with Crippen LogP contribution in [0.5, 0.6) is 5.75 Å². The van der Waals surface area contributed by atoms with Crippen LogP contribution in [0, 0.1) is 0 Å². The second kappa shape index (κ2) is 9.57. The molecule has 0 aliphatic carbocycles. The van der Waals surface area contributed by atoms with E-state index < -0.39 is 17.8 Å². The van der Waals surface area contributed by atoms with E-state index in [1.165, 1.54) is 24.6 Å². The number of ether oxygens (including phenoxy) is 2. The fraction of sp³-hybridized carbons (Fsp3) is 0.375. The standard InChI is InChI=1S/C24H27NO5/c1-4-5-6-7-8-16(2)30-24(28)17-9-14-20-21(15-17)23(27)25(22(20)26)18-10-12-19(29-3)13-11-18/h9-16H,4-8H2,1-3H3. The van der Waals surface area contributed by atoms with Gasteiger partial charge in [-0.2, -0.15) is 0 Å². The SMILES string of the molecule is CCCCCCC(C)OC(=O)c1ccc2c(c1)C(=O)N(c1ccc(OC)cc1)C2=O. The van der Waals surface area contributed by atoms with Crippen molar-refractivity contribution in [3.8, 4) is 5.75 Å². The van der Waals surface area contributed by atoms with Gasteiger partial charge in [-0.05, 0) is 62.2 Å². The second-order valence-corrected chi connectivity index (χ2v) is 7.47. The number of imide groups is 1. The largest absolute Gasteiger partial charge is 0.497 e. The van der Waals surface area contributed by atoms with Gasteiger partial charge in [-0.15, -0.1) is 0 Å². The number of unbranched alkanes of at least 4 members (excludes halogenated alkanes) is 3. The molecule has 1 unspecified atom stereocenters. The van der Waals surface area contributed by atoms with Crippen LogP contribution < -0.4 is 9.64 Å². The monoisotopic (exact) mass is 409 g/mol. The third kappa shape index (κ3) is 4.53. The first-order valence-corrected chi connectivity index (χ1v) is 10.3. The Balaban J connectivity index is 1.72. The van der Waals surface area contributed by atoms with Crippen molar-refractivity contribution < 1.29 is 23.9 Å². The van der Waals surface area contributed by atoms with Crippen LogP contribution in [-0.2, 0) is 4.74 Å². The van der Waals surface area contributed by atoms with Gasteiger partial charge in [0.2, 0.25) is 0 Å². The summed E-state index contributed by atoms with van der Waals surface area (Å²) in [4.78, 5) is 39.2. The number of anilines is 1. The van der Waals surface area contributed by atoms with Crippen molar-refractivity contribution in [1.82, 2.24) is 0 Å². The lowest BCUT2D eigenvalue weighted by atomic mass is 10.1. The molecule has 0 N–H and O–H groups in total. The van der Waals surface area contributed by atoms with Crippen LogP contribution in [0.4, 0.5) is 5.69 Å². The van der Waals surface area contributed by atoms with Gasteiger partial charge in [0, 0.05) is 0 Å². The number of amides is 2. The van der Waals surface area contributed by atoms with Gasteiger partial charge in [-0.25, -0.2) is 9.69 Å². The van der Waals surface area contributed by atoms with Crippen molar-refractivity contribution in [2.75, 3.05) is 12.0 Å². The minimum Gasteiger partial charge on any atom is -0.497 e. The van der Waals surface area contributed by atoms with Crippen LogP contribution in [-0.4, -0.2) is 31.0 Å². The molecular formula is C24H27NO5.